The van der Waals surface area contributed by atoms with Gasteiger partial charge in [-0.05, 0) is 30.5 Å². The second-order valence-corrected chi connectivity index (χ2v) is 7.04. The number of benzene rings is 1. The van der Waals surface area contributed by atoms with E-state index in [1.165, 1.54) is 0 Å². The predicted molar refractivity (Wildman–Crippen MR) is 105 cm³/mol. The quantitative estimate of drug-likeness (QED) is 0.487. The minimum Gasteiger partial charge on any atom is -0.490 e. The van der Waals surface area contributed by atoms with Crippen molar-refractivity contribution in [1.29, 1.82) is 0 Å². The lowest BCUT2D eigenvalue weighted by atomic mass is 9.90. The zero-order valence-corrected chi connectivity index (χ0v) is 16.9. The highest BCUT2D eigenvalue weighted by Gasteiger charge is 2.40. The van der Waals surface area contributed by atoms with Crippen LogP contribution in [0.1, 0.15) is 12.8 Å². The summed E-state index contributed by atoms with van der Waals surface area (Å²) in [5, 5.41) is 20.0. The third-order valence-electron chi connectivity index (χ3n) is 4.46. The summed E-state index contributed by atoms with van der Waals surface area (Å²) in [5.74, 6) is 0.646. The molecule has 0 saturated heterocycles. The average Bonchev–Trinajstić information content (AvgIpc) is 2.91. The van der Waals surface area contributed by atoms with Crippen LogP contribution in [0, 0.1) is 11.8 Å². The Kier molecular flexibility index (Phi) is 9.09. The van der Waals surface area contributed by atoms with Gasteiger partial charge in [-0.25, -0.2) is 0 Å². The summed E-state index contributed by atoms with van der Waals surface area (Å²) in [4.78, 5) is 0. The van der Waals surface area contributed by atoms with Crippen LogP contribution in [0.3, 0.4) is 0 Å². The first-order chi connectivity index (χ1) is 12.1. The van der Waals surface area contributed by atoms with Crippen LogP contribution in [-0.2, 0) is 9.05 Å². The van der Waals surface area contributed by atoms with Crippen LogP contribution in [0.15, 0.2) is 36.4 Å². The Morgan fingerprint density at radius 1 is 1.36 bits per heavy atom. The topological polar surface area (TPSA) is 68.2 Å². The number of aliphatic hydroxyl groups excluding tert-OH is 2. The molecule has 0 aliphatic heterocycles. The first kappa shape index (κ1) is 21.1. The summed E-state index contributed by atoms with van der Waals surface area (Å²) in [6.07, 6.45) is 4.11. The van der Waals surface area contributed by atoms with E-state index in [9.17, 15) is 10.2 Å². The zero-order valence-electron chi connectivity index (χ0n) is 13.8. The molecular formula is C17H25ClO5P2. The first-order valence-electron chi connectivity index (χ1n) is 8.15. The molecule has 1 aliphatic carbocycles. The highest BCUT2D eigenvalue weighted by Crippen LogP contribution is 2.38. The summed E-state index contributed by atoms with van der Waals surface area (Å²) in [6, 6.07) is 7.18. The second-order valence-electron chi connectivity index (χ2n) is 6.06. The maximum absolute atomic E-state index is 10.2. The Morgan fingerprint density at radius 3 is 2.80 bits per heavy atom. The normalized spacial score (nSPS) is 27.7. The van der Waals surface area contributed by atoms with Gasteiger partial charge in [-0.2, -0.15) is 0 Å². The molecule has 0 amide bonds. The van der Waals surface area contributed by atoms with Gasteiger partial charge in [0.15, 0.2) is 0 Å². The number of hydrogen-bond donors (Lipinski definition) is 2. The second kappa shape index (κ2) is 10.8. The largest absolute Gasteiger partial charge is 0.490 e. The van der Waals surface area contributed by atoms with Crippen molar-refractivity contribution in [2.24, 2.45) is 11.8 Å². The molecule has 0 aromatic heterocycles. The molecule has 7 unspecified atom stereocenters. The molecule has 8 heteroatoms. The van der Waals surface area contributed by atoms with Gasteiger partial charge in [0.25, 0.3) is 0 Å². The van der Waals surface area contributed by atoms with E-state index in [0.29, 0.717) is 30.2 Å². The van der Waals surface area contributed by atoms with E-state index >= 15 is 0 Å². The van der Waals surface area contributed by atoms with E-state index in [1.54, 1.807) is 12.1 Å². The molecule has 1 aromatic carbocycles. The Balaban J connectivity index is 1.98. The summed E-state index contributed by atoms with van der Waals surface area (Å²) in [7, 11) is 4.50. The molecule has 1 aromatic rings. The number of aliphatic hydroxyl groups is 2. The summed E-state index contributed by atoms with van der Waals surface area (Å²) in [5.41, 5.74) is 0. The minimum absolute atomic E-state index is 0.00784. The molecule has 7 atom stereocenters. The van der Waals surface area contributed by atoms with Gasteiger partial charge >= 0.3 is 0 Å². The third-order valence-corrected chi connectivity index (χ3v) is 5.40. The number of rotatable bonds is 9. The van der Waals surface area contributed by atoms with Crippen molar-refractivity contribution in [1.82, 2.24) is 0 Å². The van der Waals surface area contributed by atoms with Gasteiger partial charge in [-0.1, -0.05) is 29.8 Å². The molecule has 2 N–H and O–H groups in total. The standard InChI is InChI=1S/C17H25ClO5P2/c18-11-2-1-3-12(8-11)21-10-13(22-24)4-5-15-14(6-7-19)16(20)9-17(15)23-25/h1-5,8,13-17,19-20H,6-7,9-10,24-25H2/b5-4+. The monoisotopic (exact) mass is 406 g/mol. The molecule has 2 rings (SSSR count). The van der Waals surface area contributed by atoms with Crippen LogP contribution in [-0.4, -0.2) is 41.7 Å². The van der Waals surface area contributed by atoms with Crippen LogP contribution in [0.4, 0.5) is 0 Å². The lowest BCUT2D eigenvalue weighted by Crippen LogP contribution is -2.23. The Labute approximate surface area is 158 Å². The van der Waals surface area contributed by atoms with Gasteiger partial charge in [-0.15, -0.1) is 0 Å². The van der Waals surface area contributed by atoms with Crippen molar-refractivity contribution in [2.75, 3.05) is 13.2 Å². The van der Waals surface area contributed by atoms with Gasteiger partial charge in [0.05, 0.1) is 12.2 Å². The van der Waals surface area contributed by atoms with Crippen molar-refractivity contribution >= 4 is 30.5 Å². The van der Waals surface area contributed by atoms with E-state index in [-0.39, 0.29) is 30.7 Å². The molecule has 140 valence electrons. The van der Waals surface area contributed by atoms with E-state index in [0.717, 1.165) is 0 Å². The van der Waals surface area contributed by atoms with Crippen LogP contribution >= 0.6 is 30.5 Å². The fourth-order valence-electron chi connectivity index (χ4n) is 3.18. The molecule has 0 heterocycles. The number of halogens is 1. The Hall–Kier alpha value is -0.250. The molecule has 5 nitrogen and oxygen atoms in total. The minimum atomic E-state index is -0.481. The van der Waals surface area contributed by atoms with Gasteiger partial charge in [0, 0.05) is 42.9 Å². The maximum atomic E-state index is 10.2. The van der Waals surface area contributed by atoms with Crippen LogP contribution in [0.5, 0.6) is 5.75 Å². The van der Waals surface area contributed by atoms with Crippen molar-refractivity contribution in [3.8, 4) is 5.75 Å². The van der Waals surface area contributed by atoms with E-state index in [2.05, 4.69) is 18.9 Å². The molecular weight excluding hydrogens is 382 g/mol. The van der Waals surface area contributed by atoms with Crippen LogP contribution in [0.2, 0.25) is 5.02 Å². The smallest absolute Gasteiger partial charge is 0.120 e. The number of ether oxygens (including phenoxy) is 1. The summed E-state index contributed by atoms with van der Waals surface area (Å²) < 4.78 is 16.5. The first-order valence-corrected chi connectivity index (χ1v) is 9.47. The molecule has 1 aliphatic rings. The molecule has 0 radical (unpaired) electrons. The molecule has 1 fully saturated rings. The van der Waals surface area contributed by atoms with E-state index in [4.69, 9.17) is 25.4 Å². The fourth-order valence-corrected chi connectivity index (χ4v) is 3.82. The third kappa shape index (κ3) is 6.15. The average molecular weight is 407 g/mol. The van der Waals surface area contributed by atoms with Gasteiger partial charge in [0.1, 0.15) is 18.5 Å². The highest BCUT2D eigenvalue weighted by atomic mass is 35.5. The highest BCUT2D eigenvalue weighted by molar-refractivity contribution is 7.10. The summed E-state index contributed by atoms with van der Waals surface area (Å²) >= 11 is 5.94. The lowest BCUT2D eigenvalue weighted by Gasteiger charge is -2.22. The van der Waals surface area contributed by atoms with Crippen molar-refractivity contribution in [2.45, 2.75) is 31.2 Å². The summed E-state index contributed by atoms with van der Waals surface area (Å²) in [6.45, 7) is 0.365. The number of hydrogen-bond acceptors (Lipinski definition) is 5. The van der Waals surface area contributed by atoms with Crippen molar-refractivity contribution < 1.29 is 24.0 Å². The van der Waals surface area contributed by atoms with Crippen LogP contribution in [0.25, 0.3) is 0 Å². The SMILES string of the molecule is OCCC1C(O)CC(OP)C1/C=C/C(COc1cccc(Cl)c1)OP. The molecule has 0 bridgehead atoms. The Morgan fingerprint density at radius 2 is 2.16 bits per heavy atom. The van der Waals surface area contributed by atoms with Gasteiger partial charge < -0.3 is 24.0 Å². The molecule has 25 heavy (non-hydrogen) atoms. The maximum Gasteiger partial charge on any atom is 0.120 e. The fraction of sp³-hybridized carbons (Fsp3) is 0.529. The predicted octanol–water partition coefficient (Wildman–Crippen LogP) is 3.01. The zero-order chi connectivity index (χ0) is 18.2. The van der Waals surface area contributed by atoms with Crippen molar-refractivity contribution in [3.63, 3.8) is 0 Å². The van der Waals surface area contributed by atoms with Gasteiger partial charge in [0.2, 0.25) is 0 Å². The van der Waals surface area contributed by atoms with E-state index < -0.39 is 6.10 Å². The van der Waals surface area contributed by atoms with Crippen molar-refractivity contribution in [3.05, 3.63) is 41.4 Å². The Bertz CT molecular complexity index is 560. The lowest BCUT2D eigenvalue weighted by molar-refractivity contribution is 0.103. The molecule has 1 saturated carbocycles. The van der Waals surface area contributed by atoms with Gasteiger partial charge in [-0.3, -0.25) is 0 Å². The van der Waals surface area contributed by atoms with E-state index in [1.807, 2.05) is 24.3 Å². The molecule has 0 spiro atoms. The van der Waals surface area contributed by atoms with Crippen LogP contribution < -0.4 is 4.74 Å².